The zero-order chi connectivity index (χ0) is 14.5. The smallest absolute Gasteiger partial charge is 0.0484 e. The molecular weight excluding hydrogens is 244 g/mol. The average molecular weight is 274 g/mol. The van der Waals surface area contributed by atoms with E-state index in [1.165, 1.54) is 36.9 Å². The SMILES string of the molecule is CCCNC1c2ccccc2CC1N(CCC)C(C)C. The van der Waals surface area contributed by atoms with Crippen LogP contribution in [0.4, 0.5) is 0 Å². The number of hydrogen-bond donors (Lipinski definition) is 1. The van der Waals surface area contributed by atoms with E-state index in [1.54, 1.807) is 0 Å². The van der Waals surface area contributed by atoms with Crippen LogP contribution < -0.4 is 5.32 Å². The topological polar surface area (TPSA) is 15.3 Å². The molecule has 0 aromatic heterocycles. The van der Waals surface area contributed by atoms with Crippen LogP contribution in [0.2, 0.25) is 0 Å². The maximum absolute atomic E-state index is 3.79. The number of nitrogens with zero attached hydrogens (tertiary/aromatic N) is 1. The van der Waals surface area contributed by atoms with E-state index in [0.29, 0.717) is 18.1 Å². The van der Waals surface area contributed by atoms with Crippen molar-refractivity contribution in [3.05, 3.63) is 35.4 Å². The summed E-state index contributed by atoms with van der Waals surface area (Å²) in [4.78, 5) is 2.69. The van der Waals surface area contributed by atoms with Crippen molar-refractivity contribution in [1.82, 2.24) is 10.2 Å². The van der Waals surface area contributed by atoms with Gasteiger partial charge in [0.05, 0.1) is 0 Å². The summed E-state index contributed by atoms with van der Waals surface area (Å²) in [6, 6.07) is 10.7. The molecule has 0 bridgehead atoms. The lowest BCUT2D eigenvalue weighted by Crippen LogP contribution is -2.47. The third-order valence-corrected chi connectivity index (χ3v) is 4.39. The van der Waals surface area contributed by atoms with Crippen LogP contribution in [0.25, 0.3) is 0 Å². The van der Waals surface area contributed by atoms with Crippen LogP contribution in [0.15, 0.2) is 24.3 Å². The third-order valence-electron chi connectivity index (χ3n) is 4.39. The molecule has 2 unspecified atom stereocenters. The van der Waals surface area contributed by atoms with Gasteiger partial charge in [0.25, 0.3) is 0 Å². The molecule has 2 heteroatoms. The summed E-state index contributed by atoms with van der Waals surface area (Å²) < 4.78 is 0. The van der Waals surface area contributed by atoms with Crippen molar-refractivity contribution in [2.75, 3.05) is 13.1 Å². The number of nitrogens with one attached hydrogen (secondary N) is 1. The predicted octanol–water partition coefficient (Wildman–Crippen LogP) is 3.77. The lowest BCUT2D eigenvalue weighted by Gasteiger charge is -2.36. The van der Waals surface area contributed by atoms with Gasteiger partial charge in [0.15, 0.2) is 0 Å². The molecule has 2 atom stereocenters. The summed E-state index contributed by atoms with van der Waals surface area (Å²) in [6.07, 6.45) is 3.61. The van der Waals surface area contributed by atoms with Gasteiger partial charge >= 0.3 is 0 Å². The maximum atomic E-state index is 3.79. The molecule has 1 aliphatic carbocycles. The van der Waals surface area contributed by atoms with Crippen LogP contribution in [0, 0.1) is 0 Å². The summed E-state index contributed by atoms with van der Waals surface area (Å²) >= 11 is 0. The Bertz CT molecular complexity index is 414. The van der Waals surface area contributed by atoms with E-state index in [9.17, 15) is 0 Å². The first-order chi connectivity index (χ1) is 9.69. The molecule has 0 saturated carbocycles. The van der Waals surface area contributed by atoms with Gasteiger partial charge in [-0.3, -0.25) is 4.90 Å². The first-order valence-electron chi connectivity index (χ1n) is 8.25. The zero-order valence-corrected chi connectivity index (χ0v) is 13.5. The third kappa shape index (κ3) is 3.24. The molecule has 1 aromatic carbocycles. The molecule has 112 valence electrons. The minimum Gasteiger partial charge on any atom is -0.309 e. The van der Waals surface area contributed by atoms with E-state index in [4.69, 9.17) is 0 Å². The molecule has 2 nitrogen and oxygen atoms in total. The van der Waals surface area contributed by atoms with Crippen molar-refractivity contribution < 1.29 is 0 Å². The summed E-state index contributed by atoms with van der Waals surface area (Å²) in [5.41, 5.74) is 3.06. The molecular formula is C18H30N2. The Morgan fingerprint density at radius 1 is 1.20 bits per heavy atom. The monoisotopic (exact) mass is 274 g/mol. The highest BCUT2D eigenvalue weighted by atomic mass is 15.2. The van der Waals surface area contributed by atoms with Crippen LogP contribution in [0.3, 0.4) is 0 Å². The fraction of sp³-hybridized carbons (Fsp3) is 0.667. The van der Waals surface area contributed by atoms with Crippen molar-refractivity contribution in [2.24, 2.45) is 0 Å². The van der Waals surface area contributed by atoms with Gasteiger partial charge < -0.3 is 5.32 Å². The molecule has 0 heterocycles. The summed E-state index contributed by atoms with van der Waals surface area (Å²) in [6.45, 7) is 11.5. The minimum atomic E-state index is 0.500. The molecule has 0 radical (unpaired) electrons. The highest BCUT2D eigenvalue weighted by Gasteiger charge is 2.36. The number of hydrogen-bond acceptors (Lipinski definition) is 2. The molecule has 0 spiro atoms. The quantitative estimate of drug-likeness (QED) is 0.814. The van der Waals surface area contributed by atoms with Gasteiger partial charge in [-0.15, -0.1) is 0 Å². The van der Waals surface area contributed by atoms with Crippen molar-refractivity contribution in [2.45, 2.75) is 65.1 Å². The Kier molecular flexibility index (Phi) is 5.62. The van der Waals surface area contributed by atoms with E-state index in [-0.39, 0.29) is 0 Å². The molecule has 1 N–H and O–H groups in total. The molecule has 2 rings (SSSR count). The maximum Gasteiger partial charge on any atom is 0.0484 e. The normalized spacial score (nSPS) is 21.7. The van der Waals surface area contributed by atoms with Crippen molar-refractivity contribution >= 4 is 0 Å². The van der Waals surface area contributed by atoms with Gasteiger partial charge in [-0.2, -0.15) is 0 Å². The molecule has 0 amide bonds. The van der Waals surface area contributed by atoms with E-state index < -0.39 is 0 Å². The number of fused-ring (bicyclic) bond motifs is 1. The number of benzene rings is 1. The highest BCUT2D eigenvalue weighted by molar-refractivity contribution is 5.37. The van der Waals surface area contributed by atoms with Gasteiger partial charge in [-0.05, 0) is 57.3 Å². The van der Waals surface area contributed by atoms with Crippen LogP contribution in [0.5, 0.6) is 0 Å². The Morgan fingerprint density at radius 2 is 1.95 bits per heavy atom. The standard InChI is InChI=1S/C18H30N2/c1-5-11-19-18-16-10-8-7-9-15(16)13-17(18)20(12-6-2)14(3)4/h7-10,14,17-19H,5-6,11-13H2,1-4H3. The lowest BCUT2D eigenvalue weighted by atomic mass is 10.0. The molecule has 0 saturated heterocycles. The molecule has 0 aliphatic heterocycles. The van der Waals surface area contributed by atoms with Crippen LogP contribution >= 0.6 is 0 Å². The van der Waals surface area contributed by atoms with Gasteiger partial charge in [-0.1, -0.05) is 38.1 Å². The number of rotatable bonds is 7. The van der Waals surface area contributed by atoms with E-state index in [2.05, 4.69) is 62.2 Å². The Hall–Kier alpha value is -0.860. The van der Waals surface area contributed by atoms with E-state index in [1.807, 2.05) is 0 Å². The van der Waals surface area contributed by atoms with Gasteiger partial charge in [0.2, 0.25) is 0 Å². The second-order valence-electron chi connectivity index (χ2n) is 6.23. The van der Waals surface area contributed by atoms with E-state index >= 15 is 0 Å². The summed E-state index contributed by atoms with van der Waals surface area (Å²) in [7, 11) is 0. The minimum absolute atomic E-state index is 0.500. The zero-order valence-electron chi connectivity index (χ0n) is 13.5. The van der Waals surface area contributed by atoms with Crippen LogP contribution in [-0.2, 0) is 6.42 Å². The first-order valence-corrected chi connectivity index (χ1v) is 8.25. The van der Waals surface area contributed by atoms with Crippen molar-refractivity contribution in [3.63, 3.8) is 0 Å². The molecule has 20 heavy (non-hydrogen) atoms. The lowest BCUT2D eigenvalue weighted by molar-refractivity contribution is 0.128. The molecule has 1 aromatic rings. The fourth-order valence-corrected chi connectivity index (χ4v) is 3.49. The Morgan fingerprint density at radius 3 is 2.60 bits per heavy atom. The van der Waals surface area contributed by atoms with Crippen LogP contribution in [0.1, 0.15) is 57.7 Å². The van der Waals surface area contributed by atoms with Gasteiger partial charge in [0, 0.05) is 18.1 Å². The van der Waals surface area contributed by atoms with E-state index in [0.717, 1.165) is 6.54 Å². The molecule has 0 fully saturated rings. The summed E-state index contributed by atoms with van der Waals surface area (Å²) in [5.74, 6) is 0. The Balaban J connectivity index is 2.23. The largest absolute Gasteiger partial charge is 0.309 e. The van der Waals surface area contributed by atoms with Gasteiger partial charge in [-0.25, -0.2) is 0 Å². The second-order valence-corrected chi connectivity index (χ2v) is 6.23. The van der Waals surface area contributed by atoms with Crippen molar-refractivity contribution in [1.29, 1.82) is 0 Å². The average Bonchev–Trinajstić information content (AvgIpc) is 2.80. The van der Waals surface area contributed by atoms with Gasteiger partial charge in [0.1, 0.15) is 0 Å². The first kappa shape index (κ1) is 15.5. The molecule has 1 aliphatic rings. The van der Waals surface area contributed by atoms with Crippen molar-refractivity contribution in [3.8, 4) is 0 Å². The highest BCUT2D eigenvalue weighted by Crippen LogP contribution is 2.35. The fourth-order valence-electron chi connectivity index (χ4n) is 3.49. The van der Waals surface area contributed by atoms with Crippen LogP contribution in [-0.4, -0.2) is 30.1 Å². The summed E-state index contributed by atoms with van der Waals surface area (Å²) in [5, 5.41) is 3.79. The Labute approximate surface area is 124 Å². The predicted molar refractivity (Wildman–Crippen MR) is 87.1 cm³/mol. The second kappa shape index (κ2) is 7.24.